The van der Waals surface area contributed by atoms with Crippen molar-refractivity contribution in [3.8, 4) is 11.4 Å². The number of hydrogen-bond acceptors (Lipinski definition) is 5. The van der Waals surface area contributed by atoms with Gasteiger partial charge in [0.05, 0.1) is 0 Å². The van der Waals surface area contributed by atoms with Gasteiger partial charge >= 0.3 is 5.97 Å². The van der Waals surface area contributed by atoms with Crippen LogP contribution in [0.3, 0.4) is 0 Å². The highest BCUT2D eigenvalue weighted by Gasteiger charge is 2.30. The predicted octanol–water partition coefficient (Wildman–Crippen LogP) is 1.88. The molecule has 0 saturated heterocycles. The molecule has 2 unspecified atom stereocenters. The Balaban J connectivity index is 2.24. The van der Waals surface area contributed by atoms with Gasteiger partial charge < -0.3 is 10.0 Å². The number of hydrogen-bond donors (Lipinski definition) is 1. The van der Waals surface area contributed by atoms with Crippen LogP contribution in [0.1, 0.15) is 26.3 Å². The van der Waals surface area contributed by atoms with E-state index in [2.05, 4.69) is 15.4 Å². The van der Waals surface area contributed by atoms with Gasteiger partial charge in [0.15, 0.2) is 6.04 Å². The van der Waals surface area contributed by atoms with E-state index in [-0.39, 0.29) is 5.91 Å². The van der Waals surface area contributed by atoms with E-state index in [1.165, 1.54) is 23.7 Å². The third kappa shape index (κ3) is 3.70. The summed E-state index contributed by atoms with van der Waals surface area (Å²) in [6.07, 6.45) is 0.409. The summed E-state index contributed by atoms with van der Waals surface area (Å²) < 4.78 is 0. The zero-order valence-corrected chi connectivity index (χ0v) is 14.3. The van der Waals surface area contributed by atoms with E-state index >= 15 is 0 Å². The minimum atomic E-state index is -1.07. The SMILES string of the molecule is CCC(C(=O)N(C)C(C)C(=O)O)n1nnc(-c2ccc(Cl)cc2)n1. The van der Waals surface area contributed by atoms with Crippen molar-refractivity contribution >= 4 is 23.5 Å². The van der Waals surface area contributed by atoms with Gasteiger partial charge in [0.1, 0.15) is 6.04 Å². The molecule has 2 rings (SSSR count). The summed E-state index contributed by atoms with van der Waals surface area (Å²) in [7, 11) is 1.45. The lowest BCUT2D eigenvalue weighted by Crippen LogP contribution is -2.44. The molecule has 9 heteroatoms. The number of carbonyl (C=O) groups excluding carboxylic acids is 1. The Hall–Kier alpha value is -2.48. The first kappa shape index (κ1) is 17.9. The topological polar surface area (TPSA) is 101 Å². The van der Waals surface area contributed by atoms with Gasteiger partial charge in [0.2, 0.25) is 11.7 Å². The number of aromatic nitrogens is 4. The van der Waals surface area contributed by atoms with Crippen LogP contribution in [-0.2, 0) is 9.59 Å². The molecular weight excluding hydrogens is 334 g/mol. The smallest absolute Gasteiger partial charge is 0.326 e. The molecule has 1 N–H and O–H groups in total. The highest BCUT2D eigenvalue weighted by atomic mass is 35.5. The summed E-state index contributed by atoms with van der Waals surface area (Å²) in [5.74, 6) is -1.09. The van der Waals surface area contributed by atoms with E-state index in [0.717, 1.165) is 5.56 Å². The molecule has 8 nitrogen and oxygen atoms in total. The van der Waals surface area contributed by atoms with E-state index in [0.29, 0.717) is 17.3 Å². The maximum Gasteiger partial charge on any atom is 0.326 e. The van der Waals surface area contributed by atoms with Crippen molar-refractivity contribution in [2.75, 3.05) is 7.05 Å². The number of halogens is 1. The van der Waals surface area contributed by atoms with Crippen molar-refractivity contribution in [1.82, 2.24) is 25.1 Å². The van der Waals surface area contributed by atoms with Gasteiger partial charge in [-0.15, -0.1) is 10.2 Å². The summed E-state index contributed by atoms with van der Waals surface area (Å²) in [6.45, 7) is 3.24. The number of amides is 1. The van der Waals surface area contributed by atoms with Crippen LogP contribution in [0.5, 0.6) is 0 Å². The van der Waals surface area contributed by atoms with Crippen LogP contribution >= 0.6 is 11.6 Å². The molecule has 1 aromatic carbocycles. The van der Waals surface area contributed by atoms with Crippen molar-refractivity contribution in [3.63, 3.8) is 0 Å². The summed E-state index contributed by atoms with van der Waals surface area (Å²) in [5.41, 5.74) is 0.722. The molecule has 0 fully saturated rings. The summed E-state index contributed by atoms with van der Waals surface area (Å²) in [6, 6.07) is 5.28. The summed E-state index contributed by atoms with van der Waals surface area (Å²) in [5, 5.41) is 21.8. The average molecular weight is 352 g/mol. The Morgan fingerprint density at radius 3 is 2.50 bits per heavy atom. The van der Waals surface area contributed by atoms with Gasteiger partial charge in [0.25, 0.3) is 0 Å². The van der Waals surface area contributed by atoms with Crippen LogP contribution in [-0.4, -0.2) is 55.2 Å². The first-order valence-electron chi connectivity index (χ1n) is 7.40. The zero-order valence-electron chi connectivity index (χ0n) is 13.5. The lowest BCUT2D eigenvalue weighted by atomic mass is 10.2. The molecule has 2 atom stereocenters. The van der Waals surface area contributed by atoms with E-state index in [1.807, 2.05) is 0 Å². The molecule has 1 heterocycles. The normalized spacial score (nSPS) is 13.3. The minimum absolute atomic E-state index is 0.367. The van der Waals surface area contributed by atoms with E-state index in [1.54, 1.807) is 31.2 Å². The predicted molar refractivity (Wildman–Crippen MR) is 87.5 cm³/mol. The molecule has 128 valence electrons. The van der Waals surface area contributed by atoms with Crippen LogP contribution < -0.4 is 0 Å². The second-order valence-electron chi connectivity index (χ2n) is 5.33. The number of carboxylic acid groups (broad SMARTS) is 1. The van der Waals surface area contributed by atoms with Crippen LogP contribution in [0.15, 0.2) is 24.3 Å². The number of nitrogens with zero attached hydrogens (tertiary/aromatic N) is 5. The number of tetrazole rings is 1. The van der Waals surface area contributed by atoms with Gasteiger partial charge in [-0.25, -0.2) is 4.79 Å². The number of carboxylic acids is 1. The van der Waals surface area contributed by atoms with Gasteiger partial charge in [-0.2, -0.15) is 4.80 Å². The molecule has 0 spiro atoms. The fourth-order valence-corrected chi connectivity index (χ4v) is 2.23. The lowest BCUT2D eigenvalue weighted by Gasteiger charge is -2.25. The third-order valence-corrected chi connectivity index (χ3v) is 4.02. The van der Waals surface area contributed by atoms with Crippen molar-refractivity contribution in [3.05, 3.63) is 29.3 Å². The molecule has 24 heavy (non-hydrogen) atoms. The van der Waals surface area contributed by atoms with Gasteiger partial charge in [0, 0.05) is 17.6 Å². The molecule has 2 aromatic rings. The van der Waals surface area contributed by atoms with Crippen molar-refractivity contribution < 1.29 is 14.7 Å². The van der Waals surface area contributed by atoms with Gasteiger partial charge in [-0.05, 0) is 42.8 Å². The fraction of sp³-hybridized carbons (Fsp3) is 0.400. The summed E-state index contributed by atoms with van der Waals surface area (Å²) in [4.78, 5) is 26.0. The Morgan fingerprint density at radius 1 is 1.33 bits per heavy atom. The number of benzene rings is 1. The second kappa shape index (κ2) is 7.39. The minimum Gasteiger partial charge on any atom is -0.480 e. The fourth-order valence-electron chi connectivity index (χ4n) is 2.10. The molecule has 1 aromatic heterocycles. The Labute approximate surface area is 144 Å². The Morgan fingerprint density at radius 2 is 1.96 bits per heavy atom. The largest absolute Gasteiger partial charge is 0.480 e. The maximum absolute atomic E-state index is 12.5. The molecule has 0 bridgehead atoms. The Bertz CT molecular complexity index is 731. The Kier molecular flexibility index (Phi) is 5.50. The highest BCUT2D eigenvalue weighted by molar-refractivity contribution is 6.30. The monoisotopic (exact) mass is 351 g/mol. The molecule has 0 radical (unpaired) electrons. The van der Waals surface area contributed by atoms with Crippen LogP contribution in [0.2, 0.25) is 5.02 Å². The molecule has 0 aliphatic carbocycles. The van der Waals surface area contributed by atoms with Crippen molar-refractivity contribution in [2.24, 2.45) is 0 Å². The highest BCUT2D eigenvalue weighted by Crippen LogP contribution is 2.19. The van der Waals surface area contributed by atoms with E-state index in [4.69, 9.17) is 16.7 Å². The molecule has 0 saturated carbocycles. The number of aliphatic carboxylic acids is 1. The number of carbonyl (C=O) groups is 2. The number of likely N-dealkylation sites (N-methyl/N-ethyl adjacent to an activating group) is 1. The van der Waals surface area contributed by atoms with Gasteiger partial charge in [-0.1, -0.05) is 18.5 Å². The lowest BCUT2D eigenvalue weighted by molar-refractivity contribution is -0.149. The van der Waals surface area contributed by atoms with E-state index < -0.39 is 18.1 Å². The second-order valence-corrected chi connectivity index (χ2v) is 5.76. The van der Waals surface area contributed by atoms with Gasteiger partial charge in [-0.3, -0.25) is 4.79 Å². The molecular formula is C15H18ClN5O3. The zero-order chi connectivity index (χ0) is 17.9. The molecule has 0 aliphatic rings. The first-order valence-corrected chi connectivity index (χ1v) is 7.77. The maximum atomic E-state index is 12.5. The molecule has 0 aliphatic heterocycles. The van der Waals surface area contributed by atoms with Crippen LogP contribution in [0.4, 0.5) is 0 Å². The van der Waals surface area contributed by atoms with Crippen molar-refractivity contribution in [2.45, 2.75) is 32.4 Å². The quantitative estimate of drug-likeness (QED) is 0.852. The standard InChI is InChI=1S/C15H18ClN5O3/c1-4-12(14(22)20(3)9(2)15(23)24)21-18-13(17-19-21)10-5-7-11(16)8-6-10/h5-9,12H,4H2,1-3H3,(H,23,24). The van der Waals surface area contributed by atoms with E-state index in [9.17, 15) is 9.59 Å². The van der Waals surface area contributed by atoms with Crippen LogP contribution in [0.25, 0.3) is 11.4 Å². The third-order valence-electron chi connectivity index (χ3n) is 3.77. The van der Waals surface area contributed by atoms with Crippen LogP contribution in [0, 0.1) is 0 Å². The van der Waals surface area contributed by atoms with Crippen molar-refractivity contribution in [1.29, 1.82) is 0 Å². The first-order chi connectivity index (χ1) is 11.3. The average Bonchev–Trinajstić information content (AvgIpc) is 3.04. The number of rotatable bonds is 6. The summed E-state index contributed by atoms with van der Waals surface area (Å²) >= 11 is 5.85. The molecule has 1 amide bonds.